The summed E-state index contributed by atoms with van der Waals surface area (Å²) in [4.78, 5) is 54.6. The summed E-state index contributed by atoms with van der Waals surface area (Å²) < 4.78 is 0. The number of rotatable bonds is 0. The number of carboxylic acid groups (broad SMARTS) is 6. The fourth-order valence-electron chi connectivity index (χ4n) is 0. The van der Waals surface area contributed by atoms with Crippen molar-refractivity contribution in [3.8, 4) is 0 Å². The molecular formula is C6H6CeO12Sm. The van der Waals surface area contributed by atoms with Crippen LogP contribution in [0.25, 0.3) is 0 Å². The van der Waals surface area contributed by atoms with Crippen molar-refractivity contribution in [2.45, 2.75) is 0 Å². The predicted molar refractivity (Wildman–Crippen MR) is 45.8 cm³/mol. The largest absolute Gasteiger partial charge is 0.473 e. The van der Waals surface area contributed by atoms with Gasteiger partial charge >= 0.3 is 35.8 Å². The Labute approximate surface area is 175 Å². The summed E-state index contributed by atoms with van der Waals surface area (Å²) in [6, 6.07) is 0. The molecule has 0 bridgehead atoms. The van der Waals surface area contributed by atoms with Gasteiger partial charge in [-0.05, 0) is 0 Å². The zero-order valence-corrected chi connectivity index (χ0v) is 14.8. The summed E-state index contributed by atoms with van der Waals surface area (Å²) in [5.41, 5.74) is 0. The van der Waals surface area contributed by atoms with E-state index in [4.69, 9.17) is 59.4 Å². The van der Waals surface area contributed by atoms with Gasteiger partial charge in [-0.1, -0.05) is 0 Å². The van der Waals surface area contributed by atoms with Gasteiger partial charge in [-0.25, -0.2) is 28.8 Å². The molecule has 0 rings (SSSR count). The fraction of sp³-hybridized carbons (Fsp3) is 0. The summed E-state index contributed by atoms with van der Waals surface area (Å²) in [6.07, 6.45) is 0. The maximum Gasteiger partial charge on any atom is 0.414 e. The van der Waals surface area contributed by atoms with Crippen LogP contribution in [0.1, 0.15) is 0 Å². The van der Waals surface area contributed by atoms with E-state index in [2.05, 4.69) is 0 Å². The monoisotopic (exact) mass is 562 g/mol. The van der Waals surface area contributed by atoms with E-state index in [1.807, 2.05) is 0 Å². The Bertz CT molecular complexity index is 283. The first-order chi connectivity index (χ1) is 7.93. The van der Waals surface area contributed by atoms with Crippen LogP contribution in [0.4, 0.5) is 0 Å². The predicted octanol–water partition coefficient (Wildman–Crippen LogP) is -2.53. The van der Waals surface area contributed by atoms with Crippen molar-refractivity contribution >= 4 is 35.8 Å². The van der Waals surface area contributed by atoms with Gasteiger partial charge in [0, 0.05) is 82.1 Å². The quantitative estimate of drug-likeness (QED) is 0.169. The van der Waals surface area contributed by atoms with Crippen molar-refractivity contribution in [3.63, 3.8) is 0 Å². The molecule has 20 heavy (non-hydrogen) atoms. The molecule has 0 saturated carbocycles. The van der Waals surface area contributed by atoms with Crippen LogP contribution in [-0.2, 0) is 28.8 Å². The van der Waals surface area contributed by atoms with Gasteiger partial charge in [0.15, 0.2) is 0 Å². The Kier molecular flexibility index (Phi) is 29.4. The Morgan fingerprint density at radius 2 is 0.450 bits per heavy atom. The molecule has 6 N–H and O–H groups in total. The van der Waals surface area contributed by atoms with Crippen molar-refractivity contribution in [2.75, 3.05) is 0 Å². The first kappa shape index (κ1) is 31.8. The third-order valence-electron chi connectivity index (χ3n) is 0.549. The zero-order valence-electron chi connectivity index (χ0n) is 9.04. The van der Waals surface area contributed by atoms with Gasteiger partial charge < -0.3 is 30.6 Å². The van der Waals surface area contributed by atoms with Crippen LogP contribution in [0.15, 0.2) is 0 Å². The summed E-state index contributed by atoms with van der Waals surface area (Å²) >= 11 is 0. The average Bonchev–Trinajstić information content (AvgIpc) is 2.18. The van der Waals surface area contributed by atoms with Gasteiger partial charge in [0.25, 0.3) is 0 Å². The summed E-state index contributed by atoms with van der Waals surface area (Å²) in [5.74, 6) is -10.9. The van der Waals surface area contributed by atoms with E-state index >= 15 is 0 Å². The van der Waals surface area contributed by atoms with E-state index in [1.54, 1.807) is 0 Å². The molecule has 0 heterocycles. The number of carboxylic acids is 6. The molecule has 112 valence electrons. The van der Waals surface area contributed by atoms with E-state index in [-0.39, 0.29) is 82.1 Å². The molecule has 0 unspecified atom stereocenters. The fourth-order valence-corrected chi connectivity index (χ4v) is 0. The molecule has 0 spiro atoms. The molecule has 0 fully saturated rings. The topological polar surface area (TPSA) is 224 Å². The molecule has 0 atom stereocenters. The van der Waals surface area contributed by atoms with Crippen molar-refractivity contribution in [3.05, 3.63) is 0 Å². The van der Waals surface area contributed by atoms with Crippen LogP contribution in [-0.4, -0.2) is 66.5 Å². The van der Waals surface area contributed by atoms with E-state index < -0.39 is 35.8 Å². The first-order valence-electron chi connectivity index (χ1n) is 3.32. The second-order valence-electron chi connectivity index (χ2n) is 1.83. The second-order valence-corrected chi connectivity index (χ2v) is 1.83. The van der Waals surface area contributed by atoms with Gasteiger partial charge in [0.05, 0.1) is 0 Å². The molecular weight excluding hydrogens is 555 g/mol. The minimum absolute atomic E-state index is 0. The SMILES string of the molecule is O=C(O)C(=O)O.O=C(O)C(=O)O.O=C(O)C(=O)O.[Ce].[Sm]. The zero-order chi connectivity index (χ0) is 15.5. The van der Waals surface area contributed by atoms with Crippen molar-refractivity contribution in [1.82, 2.24) is 0 Å². The van der Waals surface area contributed by atoms with E-state index in [0.29, 0.717) is 0 Å². The maximum atomic E-state index is 9.10. The van der Waals surface area contributed by atoms with E-state index in [9.17, 15) is 0 Å². The van der Waals surface area contributed by atoms with Crippen LogP contribution in [0, 0.1) is 82.1 Å². The normalized spacial score (nSPS) is 6.60. The molecule has 12 nitrogen and oxygen atoms in total. The van der Waals surface area contributed by atoms with Gasteiger partial charge in [-0.15, -0.1) is 0 Å². The first-order valence-corrected chi connectivity index (χ1v) is 3.32. The Morgan fingerprint density at radius 1 is 0.400 bits per heavy atom. The Morgan fingerprint density at radius 3 is 0.450 bits per heavy atom. The smallest absolute Gasteiger partial charge is 0.414 e. The van der Waals surface area contributed by atoms with Crippen LogP contribution < -0.4 is 0 Å². The molecule has 0 aromatic heterocycles. The van der Waals surface area contributed by atoms with Crippen LogP contribution in [0.5, 0.6) is 0 Å². The van der Waals surface area contributed by atoms with Crippen molar-refractivity contribution < 1.29 is 142 Å². The van der Waals surface area contributed by atoms with Crippen LogP contribution in [0.2, 0.25) is 0 Å². The summed E-state index contributed by atoms with van der Waals surface area (Å²) in [7, 11) is 0. The van der Waals surface area contributed by atoms with Gasteiger partial charge in [-0.3, -0.25) is 0 Å². The number of hydrogen-bond donors (Lipinski definition) is 6. The molecule has 0 aliphatic rings. The Hall–Kier alpha value is -0.466. The van der Waals surface area contributed by atoms with Gasteiger partial charge in [0.2, 0.25) is 0 Å². The third-order valence-corrected chi connectivity index (χ3v) is 0.549. The summed E-state index contributed by atoms with van der Waals surface area (Å²) in [6.45, 7) is 0. The van der Waals surface area contributed by atoms with Crippen LogP contribution in [0.3, 0.4) is 0 Å². The van der Waals surface area contributed by atoms with E-state index in [1.165, 1.54) is 0 Å². The minimum Gasteiger partial charge on any atom is -0.473 e. The molecule has 0 radical (unpaired) electrons. The third kappa shape index (κ3) is 36.0. The number of aliphatic carboxylic acids is 6. The minimum atomic E-state index is -1.82. The van der Waals surface area contributed by atoms with Gasteiger partial charge in [-0.2, -0.15) is 0 Å². The van der Waals surface area contributed by atoms with Crippen LogP contribution >= 0.6 is 0 Å². The number of carbonyl (C=O) groups is 6. The molecule has 0 saturated heterocycles. The summed E-state index contributed by atoms with van der Waals surface area (Å²) in [5, 5.41) is 44.3. The molecule has 0 aromatic rings. The molecule has 14 heteroatoms. The molecule has 0 amide bonds. The molecule has 0 aliphatic heterocycles. The van der Waals surface area contributed by atoms with Crippen molar-refractivity contribution in [1.29, 1.82) is 0 Å². The number of hydrogen-bond acceptors (Lipinski definition) is 6. The Balaban J connectivity index is -0.0000000536. The standard InChI is InChI=1S/3C2H2O4.Ce.Sm/c3*3-1(4)2(5)6;;/h3*(H,3,4)(H,5,6);;. The second kappa shape index (κ2) is 18.5. The average molecular weight is 561 g/mol. The van der Waals surface area contributed by atoms with E-state index in [0.717, 1.165) is 0 Å². The van der Waals surface area contributed by atoms with Gasteiger partial charge in [0.1, 0.15) is 0 Å². The van der Waals surface area contributed by atoms with Crippen molar-refractivity contribution in [2.24, 2.45) is 0 Å². The molecule has 0 aliphatic carbocycles. The molecule has 0 aromatic carbocycles. The maximum absolute atomic E-state index is 9.10.